The molecule has 1 heterocycles. The molecule has 0 saturated carbocycles. The quantitative estimate of drug-likeness (QED) is 0.227. The summed E-state index contributed by atoms with van der Waals surface area (Å²) in [6, 6.07) is 19.5. The lowest BCUT2D eigenvalue weighted by Gasteiger charge is -2.24. The third-order valence-corrected chi connectivity index (χ3v) is 6.75. The Hall–Kier alpha value is -3.98. The number of carbonyl (C=O) groups excluding carboxylic acids is 1. The summed E-state index contributed by atoms with van der Waals surface area (Å²) in [5, 5.41) is 0.498. The summed E-state index contributed by atoms with van der Waals surface area (Å²) >= 11 is 0. The van der Waals surface area contributed by atoms with Crippen molar-refractivity contribution in [3.8, 4) is 5.69 Å². The summed E-state index contributed by atoms with van der Waals surface area (Å²) in [4.78, 5) is 33.2. The van der Waals surface area contributed by atoms with E-state index in [0.717, 1.165) is 24.1 Å². The zero-order valence-corrected chi connectivity index (χ0v) is 22.6. The molecule has 0 bridgehead atoms. The number of aryl methyl sites for hydroxylation is 1. The van der Waals surface area contributed by atoms with Gasteiger partial charge in [0, 0.05) is 26.1 Å². The molecule has 9 heteroatoms. The maximum absolute atomic E-state index is 13.6. The van der Waals surface area contributed by atoms with Gasteiger partial charge in [-0.3, -0.25) is 14.2 Å². The van der Waals surface area contributed by atoms with Crippen LogP contribution in [0.15, 0.2) is 77.6 Å². The molecule has 6 nitrogen and oxygen atoms in total. The van der Waals surface area contributed by atoms with Crippen LogP contribution in [0.3, 0.4) is 0 Å². The number of alkyl halides is 3. The van der Waals surface area contributed by atoms with Crippen molar-refractivity contribution in [1.29, 1.82) is 0 Å². The van der Waals surface area contributed by atoms with E-state index in [1.54, 1.807) is 27.7 Å². The zero-order chi connectivity index (χ0) is 28.7. The van der Waals surface area contributed by atoms with Crippen LogP contribution in [0.4, 0.5) is 13.2 Å². The summed E-state index contributed by atoms with van der Waals surface area (Å²) < 4.78 is 45.9. The number of hydrogen-bond donors (Lipinski definition) is 0. The van der Waals surface area contributed by atoms with E-state index < -0.39 is 11.7 Å². The minimum atomic E-state index is -4.44. The van der Waals surface area contributed by atoms with Crippen molar-refractivity contribution in [3.63, 3.8) is 0 Å². The van der Waals surface area contributed by atoms with E-state index >= 15 is 0 Å². The van der Waals surface area contributed by atoms with Gasteiger partial charge < -0.3 is 9.64 Å². The summed E-state index contributed by atoms with van der Waals surface area (Å²) in [5.74, 6) is 0.262. The largest absolute Gasteiger partial charge is 0.416 e. The first-order valence-corrected chi connectivity index (χ1v) is 13.3. The second-order valence-electron chi connectivity index (χ2n) is 9.40. The Morgan fingerprint density at radius 3 is 2.25 bits per heavy atom. The van der Waals surface area contributed by atoms with Crippen molar-refractivity contribution in [1.82, 2.24) is 14.5 Å². The van der Waals surface area contributed by atoms with Crippen molar-refractivity contribution in [2.75, 3.05) is 26.3 Å². The second kappa shape index (κ2) is 12.9. The first-order chi connectivity index (χ1) is 19.2. The van der Waals surface area contributed by atoms with Crippen LogP contribution in [-0.4, -0.2) is 46.7 Å². The average Bonchev–Trinajstić information content (AvgIpc) is 2.95. The molecule has 3 aromatic carbocycles. The fourth-order valence-electron chi connectivity index (χ4n) is 4.51. The van der Waals surface area contributed by atoms with Crippen LogP contribution in [0, 0.1) is 0 Å². The minimum Gasteiger partial charge on any atom is -0.380 e. The molecule has 210 valence electrons. The van der Waals surface area contributed by atoms with Crippen molar-refractivity contribution in [3.05, 3.63) is 106 Å². The van der Waals surface area contributed by atoms with E-state index in [-0.39, 0.29) is 24.4 Å². The Kier molecular flexibility index (Phi) is 9.37. The molecular formula is C31H32F3N3O3. The zero-order valence-electron chi connectivity index (χ0n) is 22.6. The number of nitrogens with zero attached hydrogens (tertiary/aromatic N) is 3. The van der Waals surface area contributed by atoms with E-state index in [1.165, 1.54) is 12.1 Å². The van der Waals surface area contributed by atoms with Crippen molar-refractivity contribution >= 4 is 16.8 Å². The molecule has 0 aliphatic carbocycles. The molecule has 0 atom stereocenters. The Balaban J connectivity index is 1.61. The average molecular weight is 552 g/mol. The molecule has 4 rings (SSSR count). The molecule has 1 amide bonds. The Morgan fingerprint density at radius 2 is 1.60 bits per heavy atom. The topological polar surface area (TPSA) is 64.4 Å². The molecule has 0 N–H and O–H groups in total. The minimum absolute atomic E-state index is 0.0549. The molecule has 0 radical (unpaired) electrons. The van der Waals surface area contributed by atoms with Crippen LogP contribution in [0.25, 0.3) is 16.6 Å². The molecule has 1 aromatic heterocycles. The highest BCUT2D eigenvalue weighted by Gasteiger charge is 2.30. The lowest BCUT2D eigenvalue weighted by atomic mass is 10.1. The molecule has 0 unspecified atom stereocenters. The van der Waals surface area contributed by atoms with Gasteiger partial charge in [-0.2, -0.15) is 13.2 Å². The number of aromatic nitrogens is 2. The highest BCUT2D eigenvalue weighted by molar-refractivity contribution is 5.79. The summed E-state index contributed by atoms with van der Waals surface area (Å²) in [5.41, 5.74) is 1.93. The van der Waals surface area contributed by atoms with E-state index in [9.17, 15) is 22.8 Å². The number of fused-ring (bicyclic) bond motifs is 1. The van der Waals surface area contributed by atoms with Gasteiger partial charge in [0.05, 0.1) is 35.2 Å². The predicted molar refractivity (Wildman–Crippen MR) is 149 cm³/mol. The molecule has 0 spiro atoms. The third-order valence-electron chi connectivity index (χ3n) is 6.75. The van der Waals surface area contributed by atoms with Crippen LogP contribution >= 0.6 is 0 Å². The molecular weight excluding hydrogens is 519 g/mol. The van der Waals surface area contributed by atoms with Gasteiger partial charge in [0.2, 0.25) is 5.91 Å². The Morgan fingerprint density at radius 1 is 0.925 bits per heavy atom. The normalized spacial score (nSPS) is 11.6. The van der Waals surface area contributed by atoms with Gasteiger partial charge in [0.25, 0.3) is 5.56 Å². The van der Waals surface area contributed by atoms with Gasteiger partial charge >= 0.3 is 6.18 Å². The van der Waals surface area contributed by atoms with Gasteiger partial charge in [-0.05, 0) is 60.9 Å². The summed E-state index contributed by atoms with van der Waals surface area (Å²) in [6.07, 6.45) is -3.33. The van der Waals surface area contributed by atoms with Gasteiger partial charge in [-0.25, -0.2) is 4.98 Å². The Labute approximate surface area is 231 Å². The van der Waals surface area contributed by atoms with Crippen LogP contribution in [0.2, 0.25) is 0 Å². The molecule has 40 heavy (non-hydrogen) atoms. The number of hydrogen-bond acceptors (Lipinski definition) is 4. The number of ether oxygens (including phenoxy) is 1. The second-order valence-corrected chi connectivity index (χ2v) is 9.40. The van der Waals surface area contributed by atoms with Gasteiger partial charge in [-0.1, -0.05) is 43.3 Å². The van der Waals surface area contributed by atoms with Crippen LogP contribution in [-0.2, 0) is 35.0 Å². The number of halogens is 3. The molecule has 4 aromatic rings. The molecule has 0 aliphatic rings. The summed E-state index contributed by atoms with van der Waals surface area (Å²) in [6.45, 7) is 5.27. The lowest BCUT2D eigenvalue weighted by molar-refractivity contribution is -0.137. The van der Waals surface area contributed by atoms with Gasteiger partial charge in [-0.15, -0.1) is 0 Å². The molecule has 0 aliphatic heterocycles. The van der Waals surface area contributed by atoms with E-state index in [1.807, 2.05) is 37.3 Å². The van der Waals surface area contributed by atoms with E-state index in [4.69, 9.17) is 9.72 Å². The SMILES string of the molecule is CCOCCN(CCc1nc2ccccc2c(=O)n1-c1ccc(CC)cc1)C(=O)Cc1ccc(C(F)(F)F)cc1. The molecule has 0 saturated heterocycles. The van der Waals surface area contributed by atoms with E-state index in [2.05, 4.69) is 6.92 Å². The van der Waals surface area contributed by atoms with Crippen LogP contribution in [0.1, 0.15) is 36.4 Å². The van der Waals surface area contributed by atoms with Crippen LogP contribution in [0.5, 0.6) is 0 Å². The molecule has 0 fully saturated rings. The number of para-hydroxylation sites is 1. The van der Waals surface area contributed by atoms with Crippen molar-refractivity contribution in [2.24, 2.45) is 0 Å². The fourth-order valence-corrected chi connectivity index (χ4v) is 4.51. The van der Waals surface area contributed by atoms with Crippen molar-refractivity contribution < 1.29 is 22.7 Å². The number of rotatable bonds is 11. The number of amides is 1. The maximum Gasteiger partial charge on any atom is 0.416 e. The number of benzene rings is 3. The standard InChI is InChI=1S/C31H32F3N3O3/c1-3-22-11-15-25(16-12-22)37-28(35-27-8-6-5-7-26(27)30(37)39)17-18-36(19-20-40-4-2)29(38)21-23-9-13-24(14-10-23)31(32,33)34/h5-16H,3-4,17-21H2,1-2H3. The first kappa shape index (κ1) is 29.0. The smallest absolute Gasteiger partial charge is 0.380 e. The highest BCUT2D eigenvalue weighted by Crippen LogP contribution is 2.29. The third kappa shape index (κ3) is 6.96. The first-order valence-electron chi connectivity index (χ1n) is 13.3. The number of carbonyl (C=O) groups is 1. The maximum atomic E-state index is 13.6. The predicted octanol–water partition coefficient (Wildman–Crippen LogP) is 5.62. The Bertz CT molecular complexity index is 1500. The fraction of sp³-hybridized carbons (Fsp3) is 0.323. The van der Waals surface area contributed by atoms with Crippen molar-refractivity contribution in [2.45, 2.75) is 39.3 Å². The van der Waals surface area contributed by atoms with Gasteiger partial charge in [0.15, 0.2) is 0 Å². The summed E-state index contributed by atoms with van der Waals surface area (Å²) in [7, 11) is 0. The van der Waals surface area contributed by atoms with E-state index in [0.29, 0.717) is 54.2 Å². The monoisotopic (exact) mass is 551 g/mol. The van der Waals surface area contributed by atoms with Crippen LogP contribution < -0.4 is 5.56 Å². The highest BCUT2D eigenvalue weighted by atomic mass is 19.4. The lowest BCUT2D eigenvalue weighted by Crippen LogP contribution is -2.37. The van der Waals surface area contributed by atoms with Gasteiger partial charge in [0.1, 0.15) is 5.82 Å².